The van der Waals surface area contributed by atoms with Crippen molar-refractivity contribution >= 4 is 5.91 Å². The molecule has 1 fully saturated rings. The summed E-state index contributed by atoms with van der Waals surface area (Å²) in [5.41, 5.74) is 0. The minimum Gasteiger partial charge on any atom is -0.343 e. The zero-order valence-electron chi connectivity index (χ0n) is 7.31. The molecule has 1 heterocycles. The number of rotatable bonds is 3. The van der Waals surface area contributed by atoms with Crippen molar-refractivity contribution in [3.05, 3.63) is 6.42 Å². The average molecular weight is 164 g/mol. The first-order chi connectivity index (χ1) is 5.84. The predicted molar refractivity (Wildman–Crippen MR) is 46.8 cm³/mol. The summed E-state index contributed by atoms with van der Waals surface area (Å²) in [5.74, 6) is 2.55. The Morgan fingerprint density at radius 3 is 2.67 bits per heavy atom. The topological polar surface area (TPSA) is 20.3 Å². The fourth-order valence-electron chi connectivity index (χ4n) is 1.45. The Bertz CT molecular complexity index is 187. The third-order valence-electron chi connectivity index (χ3n) is 2.15. The standard InChI is InChI=1S/C10H14NO/c1-2-3-4-7-10(12)11-8-5-6-9-11/h3-9H2. The summed E-state index contributed by atoms with van der Waals surface area (Å²) in [6.45, 7) is 1.88. The van der Waals surface area contributed by atoms with E-state index in [2.05, 4.69) is 5.92 Å². The third kappa shape index (κ3) is 2.58. The lowest BCUT2D eigenvalue weighted by atomic mass is 10.2. The molecule has 0 aromatic rings. The minimum atomic E-state index is 0.253. The van der Waals surface area contributed by atoms with Crippen LogP contribution in [0.3, 0.4) is 0 Å². The first kappa shape index (κ1) is 9.12. The summed E-state index contributed by atoms with van der Waals surface area (Å²) < 4.78 is 0. The van der Waals surface area contributed by atoms with Gasteiger partial charge in [0, 0.05) is 25.9 Å². The normalized spacial score (nSPS) is 16.1. The summed E-state index contributed by atoms with van der Waals surface area (Å²) in [4.78, 5) is 13.3. The fourth-order valence-corrected chi connectivity index (χ4v) is 1.45. The fraction of sp³-hybridized carbons (Fsp3) is 0.700. The summed E-state index contributed by atoms with van der Waals surface area (Å²) in [5, 5.41) is 0. The van der Waals surface area contributed by atoms with Crippen LogP contribution >= 0.6 is 0 Å². The van der Waals surface area contributed by atoms with Crippen LogP contribution in [-0.2, 0) is 4.79 Å². The van der Waals surface area contributed by atoms with Crippen molar-refractivity contribution in [3.8, 4) is 5.92 Å². The largest absolute Gasteiger partial charge is 0.343 e. The SMILES string of the molecule is [C]#CCCCC(=O)N1CCCC1. The van der Waals surface area contributed by atoms with E-state index >= 15 is 0 Å². The number of hydrogen-bond acceptors (Lipinski definition) is 1. The van der Waals surface area contributed by atoms with Gasteiger partial charge in [-0.2, -0.15) is 0 Å². The van der Waals surface area contributed by atoms with Gasteiger partial charge in [0.15, 0.2) is 0 Å². The number of carbonyl (C=O) groups excluding carboxylic acids is 1. The van der Waals surface area contributed by atoms with E-state index in [0.29, 0.717) is 12.8 Å². The van der Waals surface area contributed by atoms with E-state index in [4.69, 9.17) is 6.42 Å². The Hall–Kier alpha value is -0.970. The molecule has 0 saturated carbocycles. The zero-order valence-corrected chi connectivity index (χ0v) is 7.31. The Morgan fingerprint density at radius 1 is 1.42 bits per heavy atom. The lowest BCUT2D eigenvalue weighted by molar-refractivity contribution is -0.130. The lowest BCUT2D eigenvalue weighted by Crippen LogP contribution is -2.27. The summed E-state index contributed by atoms with van der Waals surface area (Å²) >= 11 is 0. The molecular formula is C10H14NO. The Balaban J connectivity index is 2.15. The average Bonchev–Trinajstić information content (AvgIpc) is 2.56. The summed E-state index contributed by atoms with van der Waals surface area (Å²) in [6, 6.07) is 0. The molecule has 0 bridgehead atoms. The van der Waals surface area contributed by atoms with E-state index in [9.17, 15) is 4.79 Å². The van der Waals surface area contributed by atoms with E-state index < -0.39 is 0 Å². The Kier molecular flexibility index (Phi) is 3.66. The first-order valence-electron chi connectivity index (χ1n) is 4.52. The number of unbranched alkanes of at least 4 members (excludes halogenated alkanes) is 1. The molecule has 12 heavy (non-hydrogen) atoms. The molecule has 0 aromatic heterocycles. The highest BCUT2D eigenvalue weighted by molar-refractivity contribution is 5.76. The number of likely N-dealkylation sites (tertiary alicyclic amines) is 1. The van der Waals surface area contributed by atoms with Crippen molar-refractivity contribution in [2.24, 2.45) is 0 Å². The van der Waals surface area contributed by atoms with Gasteiger partial charge in [-0.15, -0.1) is 0 Å². The Morgan fingerprint density at radius 2 is 2.08 bits per heavy atom. The van der Waals surface area contributed by atoms with Crippen LogP contribution in [0.4, 0.5) is 0 Å². The minimum absolute atomic E-state index is 0.253. The summed E-state index contributed by atoms with van der Waals surface area (Å²) in [7, 11) is 0. The number of amides is 1. The van der Waals surface area contributed by atoms with E-state index in [-0.39, 0.29) is 5.91 Å². The first-order valence-corrected chi connectivity index (χ1v) is 4.52. The molecule has 0 aliphatic carbocycles. The van der Waals surface area contributed by atoms with E-state index in [1.165, 1.54) is 0 Å². The maximum absolute atomic E-state index is 11.4. The molecule has 1 aliphatic heterocycles. The van der Waals surface area contributed by atoms with Crippen molar-refractivity contribution < 1.29 is 4.79 Å². The molecule has 1 saturated heterocycles. The quantitative estimate of drug-likeness (QED) is 0.455. The van der Waals surface area contributed by atoms with E-state index in [1.807, 2.05) is 4.90 Å². The van der Waals surface area contributed by atoms with Crippen LogP contribution in [0.1, 0.15) is 32.1 Å². The number of hydrogen-bond donors (Lipinski definition) is 0. The molecule has 1 rings (SSSR count). The molecule has 0 unspecified atom stereocenters. The van der Waals surface area contributed by atoms with Crippen LogP contribution in [0, 0.1) is 12.3 Å². The third-order valence-corrected chi connectivity index (χ3v) is 2.15. The monoisotopic (exact) mass is 164 g/mol. The smallest absolute Gasteiger partial charge is 0.222 e. The van der Waals surface area contributed by atoms with Crippen LogP contribution in [0.15, 0.2) is 0 Å². The van der Waals surface area contributed by atoms with Crippen LogP contribution in [-0.4, -0.2) is 23.9 Å². The maximum atomic E-state index is 11.4. The number of carbonyl (C=O) groups is 1. The molecule has 1 aliphatic rings. The van der Waals surface area contributed by atoms with Gasteiger partial charge in [-0.05, 0) is 25.7 Å². The predicted octanol–water partition coefficient (Wildman–Crippen LogP) is 1.37. The molecule has 0 atom stereocenters. The molecule has 0 N–H and O–H groups in total. The van der Waals surface area contributed by atoms with Gasteiger partial charge in [0.2, 0.25) is 5.91 Å². The van der Waals surface area contributed by atoms with Gasteiger partial charge in [-0.3, -0.25) is 4.79 Å². The van der Waals surface area contributed by atoms with Crippen LogP contribution in [0.25, 0.3) is 0 Å². The maximum Gasteiger partial charge on any atom is 0.222 e. The molecule has 2 nitrogen and oxygen atoms in total. The molecule has 1 amide bonds. The highest BCUT2D eigenvalue weighted by Crippen LogP contribution is 2.10. The van der Waals surface area contributed by atoms with Crippen molar-refractivity contribution in [1.29, 1.82) is 0 Å². The van der Waals surface area contributed by atoms with Gasteiger partial charge in [-0.1, -0.05) is 5.92 Å². The molecule has 2 heteroatoms. The van der Waals surface area contributed by atoms with Crippen LogP contribution in [0.5, 0.6) is 0 Å². The van der Waals surface area contributed by atoms with Gasteiger partial charge >= 0.3 is 0 Å². The van der Waals surface area contributed by atoms with E-state index in [1.54, 1.807) is 0 Å². The van der Waals surface area contributed by atoms with Gasteiger partial charge in [0.05, 0.1) is 0 Å². The second-order valence-electron chi connectivity index (χ2n) is 3.12. The Labute approximate surface area is 73.9 Å². The van der Waals surface area contributed by atoms with Gasteiger partial charge in [0.25, 0.3) is 0 Å². The van der Waals surface area contributed by atoms with E-state index in [0.717, 1.165) is 32.4 Å². The zero-order chi connectivity index (χ0) is 8.81. The molecule has 0 spiro atoms. The van der Waals surface area contributed by atoms with Gasteiger partial charge < -0.3 is 4.90 Å². The van der Waals surface area contributed by atoms with Gasteiger partial charge in [-0.25, -0.2) is 0 Å². The molecular weight excluding hydrogens is 150 g/mol. The molecule has 1 radical (unpaired) electrons. The van der Waals surface area contributed by atoms with Crippen LogP contribution in [0.2, 0.25) is 0 Å². The number of nitrogens with zero attached hydrogens (tertiary/aromatic N) is 1. The summed E-state index contributed by atoms with van der Waals surface area (Å²) in [6.07, 6.45) is 11.0. The van der Waals surface area contributed by atoms with Crippen molar-refractivity contribution in [3.63, 3.8) is 0 Å². The lowest BCUT2D eigenvalue weighted by Gasteiger charge is -2.14. The van der Waals surface area contributed by atoms with Crippen molar-refractivity contribution in [2.45, 2.75) is 32.1 Å². The molecule has 65 valence electrons. The van der Waals surface area contributed by atoms with Crippen LogP contribution < -0.4 is 0 Å². The highest BCUT2D eigenvalue weighted by Gasteiger charge is 2.16. The second-order valence-corrected chi connectivity index (χ2v) is 3.12. The van der Waals surface area contributed by atoms with Crippen molar-refractivity contribution in [2.75, 3.05) is 13.1 Å². The van der Waals surface area contributed by atoms with Gasteiger partial charge in [0.1, 0.15) is 0 Å². The van der Waals surface area contributed by atoms with Crippen molar-refractivity contribution in [1.82, 2.24) is 4.90 Å². The second kappa shape index (κ2) is 4.82. The highest BCUT2D eigenvalue weighted by atomic mass is 16.2. The molecule has 0 aromatic carbocycles.